The number of nitrogens with zero attached hydrogens (tertiary/aromatic N) is 3. The van der Waals surface area contributed by atoms with Crippen LogP contribution in [0.3, 0.4) is 0 Å². The lowest BCUT2D eigenvalue weighted by atomic mass is 10.2. The van der Waals surface area contributed by atoms with Gasteiger partial charge in [-0.05, 0) is 24.3 Å². The second-order valence-electron chi connectivity index (χ2n) is 4.17. The van der Waals surface area contributed by atoms with Crippen LogP contribution in [0, 0.1) is 0 Å². The first-order valence-corrected chi connectivity index (χ1v) is 6.26. The number of ether oxygens (including phenoxy) is 1. The summed E-state index contributed by atoms with van der Waals surface area (Å²) in [4.78, 5) is 11.5. The van der Waals surface area contributed by atoms with Crippen LogP contribution in [0.2, 0.25) is 5.02 Å². The largest absolute Gasteiger partial charge is 0.465 e. The molecule has 2 aromatic heterocycles. The van der Waals surface area contributed by atoms with E-state index in [9.17, 15) is 4.79 Å². The molecule has 0 bridgehead atoms. The predicted molar refractivity (Wildman–Crippen MR) is 74.8 cm³/mol. The summed E-state index contributed by atoms with van der Waals surface area (Å²) in [7, 11) is 1.34. The fourth-order valence-corrected chi connectivity index (χ4v) is 2.15. The van der Waals surface area contributed by atoms with E-state index < -0.39 is 5.97 Å². The molecule has 0 saturated heterocycles. The van der Waals surface area contributed by atoms with Gasteiger partial charge in [-0.25, -0.2) is 4.79 Å². The number of methoxy groups -OCH3 is 1. The zero-order valence-corrected chi connectivity index (χ0v) is 11.3. The molecule has 0 amide bonds. The van der Waals surface area contributed by atoms with Crippen molar-refractivity contribution in [1.29, 1.82) is 0 Å². The molecular weight excluding hydrogens is 278 g/mol. The lowest BCUT2D eigenvalue weighted by molar-refractivity contribution is 0.0600. The van der Waals surface area contributed by atoms with E-state index in [0.29, 0.717) is 22.1 Å². The van der Waals surface area contributed by atoms with E-state index in [1.54, 1.807) is 28.8 Å². The molecule has 1 aromatic carbocycles. The zero-order valence-electron chi connectivity index (χ0n) is 10.6. The molecule has 0 radical (unpaired) electrons. The van der Waals surface area contributed by atoms with E-state index >= 15 is 0 Å². The molecule has 0 N–H and O–H groups in total. The van der Waals surface area contributed by atoms with Crippen LogP contribution in [0.4, 0.5) is 0 Å². The topological polar surface area (TPSA) is 56.5 Å². The summed E-state index contributed by atoms with van der Waals surface area (Å²) in [6.07, 6.45) is 1.73. The van der Waals surface area contributed by atoms with Gasteiger partial charge in [0.15, 0.2) is 11.5 Å². The number of hydrogen-bond donors (Lipinski definition) is 0. The Hall–Kier alpha value is -2.40. The van der Waals surface area contributed by atoms with Crippen molar-refractivity contribution in [2.24, 2.45) is 0 Å². The Morgan fingerprint density at radius 3 is 2.85 bits per heavy atom. The molecule has 3 aromatic rings. The van der Waals surface area contributed by atoms with Crippen LogP contribution in [0.5, 0.6) is 0 Å². The second-order valence-corrected chi connectivity index (χ2v) is 4.61. The predicted octanol–water partition coefficient (Wildman–Crippen LogP) is 2.84. The first-order chi connectivity index (χ1) is 9.69. The van der Waals surface area contributed by atoms with Crippen LogP contribution in [-0.2, 0) is 4.74 Å². The Kier molecular flexibility index (Phi) is 3.12. The highest BCUT2D eigenvalue weighted by molar-refractivity contribution is 6.30. The SMILES string of the molecule is COC(=O)c1ccn2c(-c3cccc(Cl)c3)nnc2c1. The standard InChI is InChI=1S/C14H10ClN3O2/c1-20-14(19)10-5-6-18-12(8-10)16-17-13(18)9-3-2-4-11(15)7-9/h2-8H,1H3. The number of hydrogen-bond acceptors (Lipinski definition) is 4. The van der Waals surface area contributed by atoms with E-state index in [2.05, 4.69) is 14.9 Å². The lowest BCUT2D eigenvalue weighted by Gasteiger charge is -2.02. The maximum Gasteiger partial charge on any atom is 0.338 e. The first kappa shape index (κ1) is 12.6. The van der Waals surface area contributed by atoms with E-state index in [-0.39, 0.29) is 0 Å². The van der Waals surface area contributed by atoms with Gasteiger partial charge < -0.3 is 4.74 Å². The number of benzene rings is 1. The number of pyridine rings is 1. The molecule has 0 atom stereocenters. The number of carbonyl (C=O) groups is 1. The van der Waals surface area contributed by atoms with E-state index in [0.717, 1.165) is 5.56 Å². The highest BCUT2D eigenvalue weighted by Crippen LogP contribution is 2.22. The fourth-order valence-electron chi connectivity index (χ4n) is 1.96. The number of esters is 1. The summed E-state index contributed by atoms with van der Waals surface area (Å²) in [5.41, 5.74) is 1.86. The number of fused-ring (bicyclic) bond motifs is 1. The van der Waals surface area contributed by atoms with Crippen molar-refractivity contribution in [1.82, 2.24) is 14.6 Å². The summed E-state index contributed by atoms with van der Waals surface area (Å²) in [5, 5.41) is 8.83. The average molecular weight is 288 g/mol. The Balaban J connectivity index is 2.13. The van der Waals surface area contributed by atoms with Crippen molar-refractivity contribution in [2.75, 3.05) is 7.11 Å². The molecule has 0 spiro atoms. The molecule has 0 aliphatic heterocycles. The normalized spacial score (nSPS) is 10.7. The molecule has 0 fully saturated rings. The van der Waals surface area contributed by atoms with Crippen molar-refractivity contribution in [3.05, 3.63) is 53.2 Å². The van der Waals surface area contributed by atoms with E-state index in [4.69, 9.17) is 11.6 Å². The maximum atomic E-state index is 11.5. The van der Waals surface area contributed by atoms with Crippen molar-refractivity contribution < 1.29 is 9.53 Å². The molecule has 100 valence electrons. The van der Waals surface area contributed by atoms with Crippen LogP contribution in [0.25, 0.3) is 17.0 Å². The average Bonchev–Trinajstić information content (AvgIpc) is 2.89. The summed E-state index contributed by atoms with van der Waals surface area (Å²) < 4.78 is 6.47. The Morgan fingerprint density at radius 2 is 2.10 bits per heavy atom. The maximum absolute atomic E-state index is 11.5. The first-order valence-electron chi connectivity index (χ1n) is 5.88. The Labute approximate surface area is 119 Å². The summed E-state index contributed by atoms with van der Waals surface area (Å²) in [5.74, 6) is 0.263. The van der Waals surface area contributed by atoms with Crippen molar-refractivity contribution in [3.8, 4) is 11.4 Å². The van der Waals surface area contributed by atoms with E-state index in [1.807, 2.05) is 18.2 Å². The number of aromatic nitrogens is 3. The van der Waals surface area contributed by atoms with Gasteiger partial charge >= 0.3 is 5.97 Å². The van der Waals surface area contributed by atoms with Crippen LogP contribution in [0.1, 0.15) is 10.4 Å². The minimum atomic E-state index is -0.403. The van der Waals surface area contributed by atoms with Gasteiger partial charge in [0.2, 0.25) is 0 Å². The molecule has 20 heavy (non-hydrogen) atoms. The minimum Gasteiger partial charge on any atom is -0.465 e. The lowest BCUT2D eigenvalue weighted by Crippen LogP contribution is -2.02. The molecule has 0 saturated carbocycles. The molecule has 0 aliphatic rings. The monoisotopic (exact) mass is 287 g/mol. The second kappa shape index (κ2) is 4.94. The van der Waals surface area contributed by atoms with Gasteiger partial charge in [-0.2, -0.15) is 0 Å². The van der Waals surface area contributed by atoms with Gasteiger partial charge in [0.25, 0.3) is 0 Å². The Bertz CT molecular complexity index is 798. The fraction of sp³-hybridized carbons (Fsp3) is 0.0714. The van der Waals surface area contributed by atoms with Crippen LogP contribution in [-0.4, -0.2) is 27.7 Å². The summed E-state index contributed by atoms with van der Waals surface area (Å²) >= 11 is 5.98. The number of rotatable bonds is 2. The van der Waals surface area contributed by atoms with Gasteiger partial charge in [0.1, 0.15) is 0 Å². The highest BCUT2D eigenvalue weighted by Gasteiger charge is 2.11. The number of halogens is 1. The molecule has 2 heterocycles. The third-order valence-electron chi connectivity index (χ3n) is 2.91. The molecule has 0 unspecified atom stereocenters. The molecule has 6 heteroatoms. The minimum absolute atomic E-state index is 0.403. The summed E-state index contributed by atoms with van der Waals surface area (Å²) in [6, 6.07) is 10.6. The zero-order chi connectivity index (χ0) is 14.1. The third kappa shape index (κ3) is 2.12. The smallest absolute Gasteiger partial charge is 0.338 e. The van der Waals surface area contributed by atoms with Crippen LogP contribution < -0.4 is 0 Å². The van der Waals surface area contributed by atoms with Gasteiger partial charge in [-0.15, -0.1) is 10.2 Å². The van der Waals surface area contributed by atoms with Crippen LogP contribution >= 0.6 is 11.6 Å². The van der Waals surface area contributed by atoms with Gasteiger partial charge in [-0.1, -0.05) is 23.7 Å². The van der Waals surface area contributed by atoms with E-state index in [1.165, 1.54) is 7.11 Å². The quantitative estimate of drug-likeness (QED) is 0.680. The van der Waals surface area contributed by atoms with Gasteiger partial charge in [-0.3, -0.25) is 4.40 Å². The molecule has 5 nitrogen and oxygen atoms in total. The van der Waals surface area contributed by atoms with Crippen molar-refractivity contribution in [2.45, 2.75) is 0 Å². The van der Waals surface area contributed by atoms with Gasteiger partial charge in [0.05, 0.1) is 12.7 Å². The number of carbonyl (C=O) groups excluding carboxylic acids is 1. The van der Waals surface area contributed by atoms with Gasteiger partial charge in [0, 0.05) is 16.8 Å². The third-order valence-corrected chi connectivity index (χ3v) is 3.15. The highest BCUT2D eigenvalue weighted by atomic mass is 35.5. The summed E-state index contributed by atoms with van der Waals surface area (Å²) in [6.45, 7) is 0. The molecular formula is C14H10ClN3O2. The van der Waals surface area contributed by atoms with Crippen LogP contribution in [0.15, 0.2) is 42.6 Å². The Morgan fingerprint density at radius 1 is 1.25 bits per heavy atom. The molecule has 3 rings (SSSR count). The van der Waals surface area contributed by atoms with Crippen molar-refractivity contribution in [3.63, 3.8) is 0 Å². The molecule has 0 aliphatic carbocycles. The van der Waals surface area contributed by atoms with Crippen molar-refractivity contribution >= 4 is 23.2 Å².